The van der Waals surface area contributed by atoms with E-state index in [1.165, 1.54) is 25.6 Å². The van der Waals surface area contributed by atoms with Crippen LogP contribution in [0.15, 0.2) is 14.6 Å². The number of ether oxygens (including phenoxy) is 1. The highest BCUT2D eigenvalue weighted by Crippen LogP contribution is 2.29. The van der Waals surface area contributed by atoms with Crippen LogP contribution >= 0.6 is 11.8 Å². The number of esters is 1. The molecule has 158 valence electrons. The number of aromatic nitrogens is 4. The van der Waals surface area contributed by atoms with E-state index >= 15 is 0 Å². The van der Waals surface area contributed by atoms with Gasteiger partial charge in [0.1, 0.15) is 16.2 Å². The Balaban J connectivity index is 2.80. The van der Waals surface area contributed by atoms with Gasteiger partial charge in [-0.15, -0.1) is 0 Å². The smallest absolute Gasteiger partial charge is 0.332 e. The number of carbonyl (C=O) groups excluding carboxylic acids is 2. The number of hydrogen-bond acceptors (Lipinski definition) is 8. The van der Waals surface area contributed by atoms with Gasteiger partial charge in [0, 0.05) is 20.5 Å². The summed E-state index contributed by atoms with van der Waals surface area (Å²) in [6.07, 6.45) is 0.476. The first-order chi connectivity index (χ1) is 13.4. The van der Waals surface area contributed by atoms with Gasteiger partial charge in [-0.1, -0.05) is 32.5 Å². The molecular formula is C19H26N4O5S. The molecule has 29 heavy (non-hydrogen) atoms. The Bertz CT molecular complexity index is 1080. The summed E-state index contributed by atoms with van der Waals surface area (Å²) in [5.74, 6) is -0.697. The van der Waals surface area contributed by atoms with Gasteiger partial charge in [-0.3, -0.25) is 23.5 Å². The molecule has 0 radical (unpaired) electrons. The van der Waals surface area contributed by atoms with Gasteiger partial charge in [-0.05, 0) is 19.3 Å². The zero-order valence-electron chi connectivity index (χ0n) is 17.7. The fourth-order valence-corrected chi connectivity index (χ4v) is 3.75. The fraction of sp³-hybridized carbons (Fsp3) is 0.579. The third kappa shape index (κ3) is 4.92. The molecule has 9 nitrogen and oxygen atoms in total. The molecule has 0 aliphatic rings. The predicted molar refractivity (Wildman–Crippen MR) is 110 cm³/mol. The van der Waals surface area contributed by atoms with Gasteiger partial charge in [-0.2, -0.15) is 0 Å². The molecule has 1 atom stereocenters. The van der Waals surface area contributed by atoms with Crippen molar-refractivity contribution in [3.8, 4) is 0 Å². The highest BCUT2D eigenvalue weighted by atomic mass is 32.2. The SMILES string of the molecule is CCOC(=O)[C@@H](Sc1nc(CC(C)(C)C)nc2c1c(=O)n(C)c(=O)n2C)C(C)=O. The van der Waals surface area contributed by atoms with Gasteiger partial charge in [0.2, 0.25) is 0 Å². The predicted octanol–water partition coefficient (Wildman–Crippen LogP) is 1.23. The molecule has 0 saturated heterocycles. The molecule has 10 heteroatoms. The molecular weight excluding hydrogens is 396 g/mol. The normalized spacial score (nSPS) is 12.8. The average molecular weight is 423 g/mol. The van der Waals surface area contributed by atoms with Crippen LogP contribution in [-0.4, -0.2) is 42.7 Å². The third-order valence-electron chi connectivity index (χ3n) is 4.10. The minimum Gasteiger partial charge on any atom is -0.465 e. The van der Waals surface area contributed by atoms with Crippen LogP contribution in [0.1, 0.15) is 40.4 Å². The van der Waals surface area contributed by atoms with Crippen molar-refractivity contribution in [1.29, 1.82) is 0 Å². The van der Waals surface area contributed by atoms with Crippen LogP contribution in [0.4, 0.5) is 0 Å². The van der Waals surface area contributed by atoms with Crippen LogP contribution in [0.5, 0.6) is 0 Å². The van der Waals surface area contributed by atoms with Crippen LogP contribution in [0.2, 0.25) is 0 Å². The molecule has 2 aromatic rings. The van der Waals surface area contributed by atoms with E-state index in [2.05, 4.69) is 9.97 Å². The number of thioether (sulfide) groups is 1. The van der Waals surface area contributed by atoms with Gasteiger partial charge in [0.05, 0.1) is 6.61 Å². The largest absolute Gasteiger partial charge is 0.465 e. The van der Waals surface area contributed by atoms with Crippen LogP contribution in [0.25, 0.3) is 11.0 Å². The molecule has 2 heterocycles. The summed E-state index contributed by atoms with van der Waals surface area (Å²) in [6, 6.07) is 0. The standard InChI is InChI=1S/C19H26N4O5S/c1-8-28-17(26)13(10(2)24)29-15-12-14(20-11(21-15)9-19(3,4)5)22(6)18(27)23(7)16(12)25/h13H,8-9H2,1-7H3/t13-/m0/s1. The number of ketones is 1. The quantitative estimate of drug-likeness (QED) is 0.296. The molecule has 0 aliphatic heterocycles. The second-order valence-electron chi connectivity index (χ2n) is 7.95. The Hall–Kier alpha value is -2.49. The van der Waals surface area contributed by atoms with E-state index < -0.39 is 28.3 Å². The zero-order chi connectivity index (χ0) is 22.1. The lowest BCUT2D eigenvalue weighted by atomic mass is 9.92. The second-order valence-corrected chi connectivity index (χ2v) is 9.04. The monoisotopic (exact) mass is 422 g/mol. The van der Waals surface area contributed by atoms with E-state index in [1.807, 2.05) is 20.8 Å². The summed E-state index contributed by atoms with van der Waals surface area (Å²) < 4.78 is 7.21. The fourth-order valence-electron chi connectivity index (χ4n) is 2.74. The number of hydrogen-bond donors (Lipinski definition) is 0. The number of aryl methyl sites for hydroxylation is 1. The molecule has 0 aliphatic carbocycles. The van der Waals surface area contributed by atoms with E-state index in [9.17, 15) is 19.2 Å². The van der Waals surface area contributed by atoms with Gasteiger partial charge >= 0.3 is 11.7 Å². The van der Waals surface area contributed by atoms with Crippen LogP contribution in [0, 0.1) is 5.41 Å². The maximum absolute atomic E-state index is 12.8. The lowest BCUT2D eigenvalue weighted by Crippen LogP contribution is -2.38. The number of nitrogens with zero attached hydrogens (tertiary/aromatic N) is 4. The molecule has 2 aromatic heterocycles. The summed E-state index contributed by atoms with van der Waals surface area (Å²) in [4.78, 5) is 58.5. The Kier molecular flexibility index (Phi) is 6.67. The first-order valence-corrected chi connectivity index (χ1v) is 10.1. The number of Topliss-reactive ketones (excluding diaryl/α,β-unsaturated/α-hetero) is 1. The minimum atomic E-state index is -1.17. The molecule has 0 aromatic carbocycles. The van der Waals surface area contributed by atoms with Crippen molar-refractivity contribution >= 4 is 34.5 Å². The van der Waals surface area contributed by atoms with E-state index in [1.54, 1.807) is 6.92 Å². The van der Waals surface area contributed by atoms with Crippen molar-refractivity contribution in [3.05, 3.63) is 26.7 Å². The average Bonchev–Trinajstić information content (AvgIpc) is 2.60. The second kappa shape index (κ2) is 8.48. The number of rotatable bonds is 6. The van der Waals surface area contributed by atoms with Crippen molar-refractivity contribution in [3.63, 3.8) is 0 Å². The topological polar surface area (TPSA) is 113 Å². The van der Waals surface area contributed by atoms with Gasteiger partial charge < -0.3 is 4.74 Å². The Morgan fingerprint density at radius 1 is 1.14 bits per heavy atom. The Labute approximate surface area is 172 Å². The van der Waals surface area contributed by atoms with Crippen molar-refractivity contribution in [1.82, 2.24) is 19.1 Å². The first-order valence-electron chi connectivity index (χ1n) is 9.17. The lowest BCUT2D eigenvalue weighted by molar-refractivity contribution is -0.144. The summed E-state index contributed by atoms with van der Waals surface area (Å²) in [5, 5.41) is -0.899. The highest BCUT2D eigenvalue weighted by Gasteiger charge is 2.29. The summed E-state index contributed by atoms with van der Waals surface area (Å²) >= 11 is 0.848. The summed E-state index contributed by atoms with van der Waals surface area (Å²) in [7, 11) is 2.87. The zero-order valence-corrected chi connectivity index (χ0v) is 18.5. The first kappa shape index (κ1) is 22.8. The molecule has 0 saturated carbocycles. The molecule has 0 amide bonds. The molecule has 0 unspecified atom stereocenters. The molecule has 0 N–H and O–H groups in total. The van der Waals surface area contributed by atoms with Crippen molar-refractivity contribution in [2.24, 2.45) is 19.5 Å². The van der Waals surface area contributed by atoms with E-state index in [0.717, 1.165) is 16.3 Å². The van der Waals surface area contributed by atoms with Crippen LogP contribution in [0.3, 0.4) is 0 Å². The van der Waals surface area contributed by atoms with Crippen LogP contribution < -0.4 is 11.2 Å². The summed E-state index contributed by atoms with van der Waals surface area (Å²) in [5.41, 5.74) is -1.09. The Morgan fingerprint density at radius 2 is 1.76 bits per heavy atom. The maximum Gasteiger partial charge on any atom is 0.332 e. The molecule has 0 fully saturated rings. The lowest BCUT2D eigenvalue weighted by Gasteiger charge is -2.19. The van der Waals surface area contributed by atoms with E-state index in [4.69, 9.17) is 4.74 Å². The van der Waals surface area contributed by atoms with Gasteiger partial charge in [0.25, 0.3) is 5.56 Å². The minimum absolute atomic E-state index is 0.0906. The highest BCUT2D eigenvalue weighted by molar-refractivity contribution is 8.01. The third-order valence-corrected chi connectivity index (χ3v) is 5.38. The van der Waals surface area contributed by atoms with Gasteiger partial charge in [0.15, 0.2) is 16.7 Å². The van der Waals surface area contributed by atoms with Gasteiger partial charge in [-0.25, -0.2) is 14.8 Å². The Morgan fingerprint density at radius 3 is 2.28 bits per heavy atom. The molecule has 0 bridgehead atoms. The van der Waals surface area contributed by atoms with Crippen LogP contribution in [-0.2, 0) is 34.8 Å². The maximum atomic E-state index is 12.8. The molecule has 2 rings (SSSR count). The van der Waals surface area contributed by atoms with Crippen molar-refractivity contribution in [2.75, 3.05) is 6.61 Å². The number of fused-ring (bicyclic) bond motifs is 1. The van der Waals surface area contributed by atoms with E-state index in [-0.39, 0.29) is 28.1 Å². The summed E-state index contributed by atoms with van der Waals surface area (Å²) in [6.45, 7) is 9.07. The van der Waals surface area contributed by atoms with E-state index in [0.29, 0.717) is 12.2 Å². The van der Waals surface area contributed by atoms with Crippen molar-refractivity contribution < 1.29 is 14.3 Å². The molecule has 0 spiro atoms. The number of carbonyl (C=O) groups is 2. The van der Waals surface area contributed by atoms with Crippen molar-refractivity contribution in [2.45, 2.75) is 51.3 Å².